The van der Waals surface area contributed by atoms with Crippen molar-refractivity contribution in [2.45, 2.75) is 6.92 Å². The van der Waals surface area contributed by atoms with Gasteiger partial charge in [0.15, 0.2) is 0 Å². The highest BCUT2D eigenvalue weighted by Gasteiger charge is 2.13. The largest absolute Gasteiger partial charge is 0.508 e. The van der Waals surface area contributed by atoms with Gasteiger partial charge in [-0.1, -0.05) is 24.3 Å². The van der Waals surface area contributed by atoms with Crippen molar-refractivity contribution >= 4 is 28.6 Å². The number of hydrogen-bond acceptors (Lipinski definition) is 4. The van der Waals surface area contributed by atoms with Crippen LogP contribution in [-0.4, -0.2) is 25.3 Å². The van der Waals surface area contributed by atoms with Crippen LogP contribution in [0.25, 0.3) is 51.1 Å². The summed E-state index contributed by atoms with van der Waals surface area (Å²) in [6.45, 7) is 1.93. The van der Waals surface area contributed by atoms with Crippen LogP contribution >= 0.6 is 0 Å². The number of nitrogens with two attached hydrogens (primary N) is 1. The molecule has 2 aromatic carbocycles. The predicted octanol–water partition coefficient (Wildman–Crippen LogP) is 4.05. The number of H-pyrrole nitrogens is 2. The first-order valence-electron chi connectivity index (χ1n) is 10.7. The van der Waals surface area contributed by atoms with Crippen LogP contribution in [0.2, 0.25) is 0 Å². The molecule has 5 aromatic rings. The van der Waals surface area contributed by atoms with Crippen molar-refractivity contribution in [2.75, 3.05) is 0 Å². The number of nitrogens with one attached hydrogen (secondary N) is 2. The molecule has 0 spiro atoms. The van der Waals surface area contributed by atoms with Gasteiger partial charge < -0.3 is 15.8 Å². The van der Waals surface area contributed by atoms with E-state index in [4.69, 9.17) is 5.73 Å². The smallest absolute Gasteiger partial charge is 0.127 e. The van der Waals surface area contributed by atoms with E-state index < -0.39 is 5.82 Å². The molecule has 34 heavy (non-hydrogen) atoms. The van der Waals surface area contributed by atoms with E-state index in [9.17, 15) is 9.50 Å². The van der Waals surface area contributed by atoms with E-state index in [1.165, 1.54) is 12.3 Å². The number of halogens is 1. The van der Waals surface area contributed by atoms with Gasteiger partial charge in [-0.2, -0.15) is 5.10 Å². The molecule has 0 saturated heterocycles. The lowest BCUT2D eigenvalue weighted by Gasteiger charge is -2.05. The lowest BCUT2D eigenvalue weighted by atomic mass is 10.0. The van der Waals surface area contributed by atoms with Gasteiger partial charge in [0.25, 0.3) is 0 Å². The average Bonchev–Trinajstić information content (AvgIpc) is 3.45. The van der Waals surface area contributed by atoms with E-state index in [1.807, 2.05) is 61.5 Å². The molecule has 7 heteroatoms. The summed E-state index contributed by atoms with van der Waals surface area (Å²) in [6.07, 6.45) is 7.14. The number of aromatic hydroxyl groups is 1. The van der Waals surface area contributed by atoms with Gasteiger partial charge >= 0.3 is 0 Å². The molecule has 0 amide bonds. The zero-order valence-corrected chi connectivity index (χ0v) is 18.4. The Morgan fingerprint density at radius 3 is 2.71 bits per heavy atom. The molecule has 168 valence electrons. The number of aromatic amines is 2. The maximum absolute atomic E-state index is 14.0. The third-order valence-corrected chi connectivity index (χ3v) is 5.67. The third kappa shape index (κ3) is 3.84. The number of nitrogens with zero attached hydrogens (tertiary/aromatic N) is 2. The molecular weight excluding hydrogens is 429 g/mol. The van der Waals surface area contributed by atoms with Crippen LogP contribution in [0.4, 0.5) is 4.39 Å². The molecule has 5 rings (SSSR count). The number of rotatable bonds is 4. The highest BCUT2D eigenvalue weighted by molar-refractivity contribution is 5.98. The maximum Gasteiger partial charge on any atom is 0.127 e. The quantitative estimate of drug-likeness (QED) is 0.331. The molecule has 0 unspecified atom stereocenters. The summed E-state index contributed by atoms with van der Waals surface area (Å²) in [7, 11) is 0. The van der Waals surface area contributed by atoms with Crippen LogP contribution < -0.4 is 16.3 Å². The Morgan fingerprint density at radius 1 is 1.09 bits per heavy atom. The molecule has 0 atom stereocenters. The highest BCUT2D eigenvalue weighted by Crippen LogP contribution is 2.33. The number of allylic oxidation sites excluding steroid dienone is 1. The SMILES string of the molecule is C\C=c1/[nH]nc(-c2cc3c(-c4cc(O)cc(F)c4)cccc3[nH]2)/c1=C/C(=C\N)c1ccccn1. The summed E-state index contributed by atoms with van der Waals surface area (Å²) in [5.41, 5.74) is 11.2. The Morgan fingerprint density at radius 2 is 1.97 bits per heavy atom. The third-order valence-electron chi connectivity index (χ3n) is 5.67. The van der Waals surface area contributed by atoms with E-state index >= 15 is 0 Å². The minimum Gasteiger partial charge on any atom is -0.508 e. The summed E-state index contributed by atoms with van der Waals surface area (Å²) in [5, 5.41) is 20.1. The fourth-order valence-corrected chi connectivity index (χ4v) is 4.10. The van der Waals surface area contributed by atoms with Crippen LogP contribution in [0, 0.1) is 5.82 Å². The zero-order valence-electron chi connectivity index (χ0n) is 18.4. The standard InChI is InChI=1S/C27H22FN5O/c1-2-23-22(12-17(15-29)24-7-3-4-9-30-24)27(33-32-23)26-14-21-20(6-5-8-25(21)31-26)16-10-18(28)13-19(34)11-16/h2-15,31-32,34H,29H2,1H3/b17-15+,22-12+,23-2-. The number of phenolic OH excluding ortho intramolecular Hbond substituents is 1. The van der Waals surface area contributed by atoms with Crippen LogP contribution in [0.1, 0.15) is 12.6 Å². The van der Waals surface area contributed by atoms with Crippen molar-refractivity contribution < 1.29 is 9.50 Å². The fraction of sp³-hybridized carbons (Fsp3) is 0.0370. The van der Waals surface area contributed by atoms with Gasteiger partial charge in [-0.25, -0.2) is 4.39 Å². The lowest BCUT2D eigenvalue weighted by Crippen LogP contribution is -2.23. The Balaban J connectivity index is 1.70. The van der Waals surface area contributed by atoms with Crippen molar-refractivity contribution in [3.05, 3.63) is 95.1 Å². The average molecular weight is 452 g/mol. The lowest BCUT2D eigenvalue weighted by molar-refractivity contribution is 0.469. The molecule has 5 N–H and O–H groups in total. The van der Waals surface area contributed by atoms with Gasteiger partial charge in [0, 0.05) is 40.2 Å². The van der Waals surface area contributed by atoms with Crippen molar-refractivity contribution in [1.29, 1.82) is 0 Å². The zero-order chi connectivity index (χ0) is 23.7. The normalized spacial score (nSPS) is 13.2. The predicted molar refractivity (Wildman–Crippen MR) is 133 cm³/mol. The maximum atomic E-state index is 14.0. The number of phenols is 1. The molecule has 0 bridgehead atoms. The second kappa shape index (κ2) is 8.71. The Labute approximate surface area is 194 Å². The first kappa shape index (κ1) is 21.2. The van der Waals surface area contributed by atoms with Crippen molar-refractivity contribution in [1.82, 2.24) is 20.2 Å². The van der Waals surface area contributed by atoms with Crippen LogP contribution in [0.15, 0.2) is 73.1 Å². The molecule has 3 heterocycles. The van der Waals surface area contributed by atoms with E-state index in [-0.39, 0.29) is 5.75 Å². The van der Waals surface area contributed by atoms with E-state index in [0.29, 0.717) is 11.3 Å². The van der Waals surface area contributed by atoms with E-state index in [2.05, 4.69) is 20.2 Å². The Hall–Kier alpha value is -4.65. The number of aromatic nitrogens is 4. The fourth-order valence-electron chi connectivity index (χ4n) is 4.10. The van der Waals surface area contributed by atoms with E-state index in [0.717, 1.165) is 50.1 Å². The minimum absolute atomic E-state index is 0.120. The second-order valence-electron chi connectivity index (χ2n) is 7.82. The van der Waals surface area contributed by atoms with Crippen LogP contribution in [0.5, 0.6) is 5.75 Å². The summed E-state index contributed by atoms with van der Waals surface area (Å²) in [4.78, 5) is 7.82. The molecule has 0 radical (unpaired) electrons. The summed E-state index contributed by atoms with van der Waals surface area (Å²) in [5.74, 6) is -0.614. The first-order chi connectivity index (χ1) is 16.6. The number of pyridine rings is 1. The summed E-state index contributed by atoms with van der Waals surface area (Å²) in [6, 6.07) is 17.4. The minimum atomic E-state index is -0.495. The number of fused-ring (bicyclic) bond motifs is 1. The molecular formula is C27H22FN5O. The van der Waals surface area contributed by atoms with E-state index in [1.54, 1.807) is 12.3 Å². The molecule has 3 aromatic heterocycles. The highest BCUT2D eigenvalue weighted by atomic mass is 19.1. The monoisotopic (exact) mass is 451 g/mol. The molecule has 0 aliphatic rings. The van der Waals surface area contributed by atoms with Gasteiger partial charge in [0.2, 0.25) is 0 Å². The summed E-state index contributed by atoms with van der Waals surface area (Å²) < 4.78 is 14.0. The molecule has 0 aliphatic carbocycles. The van der Waals surface area contributed by atoms with Crippen molar-refractivity contribution in [3.8, 4) is 28.3 Å². The second-order valence-corrected chi connectivity index (χ2v) is 7.82. The van der Waals surface area contributed by atoms with Crippen molar-refractivity contribution in [3.63, 3.8) is 0 Å². The topological polar surface area (TPSA) is 104 Å². The summed E-state index contributed by atoms with van der Waals surface area (Å²) >= 11 is 0. The van der Waals surface area contributed by atoms with Crippen LogP contribution in [0.3, 0.4) is 0 Å². The van der Waals surface area contributed by atoms with Gasteiger partial charge in [0.1, 0.15) is 17.3 Å². The molecule has 0 aliphatic heterocycles. The van der Waals surface area contributed by atoms with Gasteiger partial charge in [-0.15, -0.1) is 0 Å². The molecule has 0 fully saturated rings. The molecule has 6 nitrogen and oxygen atoms in total. The van der Waals surface area contributed by atoms with Gasteiger partial charge in [-0.05, 0) is 60.5 Å². The Bertz CT molecular complexity index is 1630. The number of benzene rings is 2. The number of hydrogen-bond donors (Lipinski definition) is 4. The van der Waals surface area contributed by atoms with Gasteiger partial charge in [-0.3, -0.25) is 10.1 Å². The van der Waals surface area contributed by atoms with Gasteiger partial charge in [0.05, 0.1) is 16.7 Å². The Kier molecular flexibility index (Phi) is 5.43. The first-order valence-corrected chi connectivity index (χ1v) is 10.7. The van der Waals surface area contributed by atoms with Crippen molar-refractivity contribution in [2.24, 2.45) is 5.73 Å². The molecule has 0 saturated carbocycles. The van der Waals surface area contributed by atoms with Crippen LogP contribution in [-0.2, 0) is 0 Å².